The van der Waals surface area contributed by atoms with Gasteiger partial charge >= 0.3 is 0 Å². The Labute approximate surface area is 185 Å². The number of benzene rings is 3. The molecule has 33 heavy (non-hydrogen) atoms. The summed E-state index contributed by atoms with van der Waals surface area (Å²) in [6.07, 6.45) is 0. The molecule has 11 nitrogen and oxygen atoms in total. The monoisotopic (exact) mass is 448 g/mol. The number of aromatic nitrogens is 1. The molecule has 0 radical (unpaired) electrons. The van der Waals surface area contributed by atoms with Crippen molar-refractivity contribution in [1.82, 2.24) is 4.98 Å². The lowest BCUT2D eigenvalue weighted by molar-refractivity contribution is -0.395. The Bertz CT molecular complexity index is 1390. The van der Waals surface area contributed by atoms with Crippen molar-refractivity contribution in [3.8, 4) is 17.2 Å². The highest BCUT2D eigenvalue weighted by atomic mass is 16.6. The molecule has 166 valence electrons. The Morgan fingerprint density at radius 3 is 2.36 bits per heavy atom. The summed E-state index contributed by atoms with van der Waals surface area (Å²) in [7, 11) is 1.55. The molecule has 1 amide bonds. The Morgan fingerprint density at radius 1 is 1.03 bits per heavy atom. The predicted octanol–water partition coefficient (Wildman–Crippen LogP) is 4.88. The molecule has 0 unspecified atom stereocenters. The molecule has 0 saturated heterocycles. The number of fused-ring (bicyclic) bond motifs is 1. The number of nitro groups is 2. The number of nitrogens with zero attached hydrogens (tertiary/aromatic N) is 3. The van der Waals surface area contributed by atoms with Crippen LogP contribution in [0.15, 0.2) is 59.0 Å². The van der Waals surface area contributed by atoms with Gasteiger partial charge in [0.15, 0.2) is 5.58 Å². The van der Waals surface area contributed by atoms with E-state index in [9.17, 15) is 25.0 Å². The smallest absolute Gasteiger partial charge is 0.279 e. The van der Waals surface area contributed by atoms with Gasteiger partial charge < -0.3 is 14.5 Å². The van der Waals surface area contributed by atoms with Gasteiger partial charge in [0.1, 0.15) is 16.8 Å². The molecule has 1 N–H and O–H groups in total. The molecule has 3 aromatic carbocycles. The molecule has 0 aliphatic heterocycles. The van der Waals surface area contributed by atoms with Crippen molar-refractivity contribution in [1.29, 1.82) is 0 Å². The average Bonchev–Trinajstić information content (AvgIpc) is 3.22. The van der Waals surface area contributed by atoms with Crippen LogP contribution in [0, 0.1) is 27.2 Å². The summed E-state index contributed by atoms with van der Waals surface area (Å²) in [6.45, 7) is 1.26. The molecule has 0 atom stereocenters. The largest absolute Gasteiger partial charge is 0.497 e. The molecule has 0 aliphatic carbocycles. The maximum atomic E-state index is 12.7. The van der Waals surface area contributed by atoms with Crippen LogP contribution in [-0.4, -0.2) is 27.8 Å². The van der Waals surface area contributed by atoms with Crippen LogP contribution < -0.4 is 10.1 Å². The van der Waals surface area contributed by atoms with Crippen molar-refractivity contribution in [2.24, 2.45) is 0 Å². The zero-order valence-electron chi connectivity index (χ0n) is 17.4. The second-order valence-electron chi connectivity index (χ2n) is 7.04. The molecule has 11 heteroatoms. The highest BCUT2D eigenvalue weighted by Crippen LogP contribution is 2.31. The molecule has 0 saturated carbocycles. The van der Waals surface area contributed by atoms with E-state index in [1.165, 1.54) is 6.92 Å². The molecule has 1 aromatic heterocycles. The van der Waals surface area contributed by atoms with Crippen LogP contribution in [0.2, 0.25) is 0 Å². The summed E-state index contributed by atoms with van der Waals surface area (Å²) in [5.74, 6) is 0.262. The maximum Gasteiger partial charge on any atom is 0.279 e. The number of methoxy groups -OCH3 is 1. The lowest BCUT2D eigenvalue weighted by Gasteiger charge is -2.06. The quantitative estimate of drug-likeness (QED) is 0.324. The van der Waals surface area contributed by atoms with Gasteiger partial charge in [-0.3, -0.25) is 25.0 Å². The molecule has 0 aliphatic rings. The minimum absolute atomic E-state index is 0.129. The van der Waals surface area contributed by atoms with Crippen molar-refractivity contribution in [3.63, 3.8) is 0 Å². The summed E-state index contributed by atoms with van der Waals surface area (Å²) in [4.78, 5) is 38.1. The molecule has 4 rings (SSSR count). The third-order valence-electron chi connectivity index (χ3n) is 4.97. The predicted molar refractivity (Wildman–Crippen MR) is 118 cm³/mol. The van der Waals surface area contributed by atoms with Gasteiger partial charge in [0, 0.05) is 23.4 Å². The van der Waals surface area contributed by atoms with Gasteiger partial charge in [-0.2, -0.15) is 0 Å². The topological polar surface area (TPSA) is 151 Å². The summed E-state index contributed by atoms with van der Waals surface area (Å²) < 4.78 is 11.0. The number of nitro benzene ring substituents is 2. The van der Waals surface area contributed by atoms with Gasteiger partial charge in [-0.25, -0.2) is 4.98 Å². The van der Waals surface area contributed by atoms with E-state index >= 15 is 0 Å². The number of carbonyl (C=O) groups excluding carboxylic acids is 1. The van der Waals surface area contributed by atoms with Gasteiger partial charge in [0.05, 0.1) is 22.5 Å². The van der Waals surface area contributed by atoms with Gasteiger partial charge in [-0.05, 0) is 43.3 Å². The molecule has 0 fully saturated rings. The van der Waals surface area contributed by atoms with Crippen LogP contribution in [0.5, 0.6) is 5.75 Å². The van der Waals surface area contributed by atoms with Gasteiger partial charge in [-0.15, -0.1) is 0 Å². The minimum atomic E-state index is -0.763. The zero-order valence-corrected chi connectivity index (χ0v) is 17.4. The normalized spacial score (nSPS) is 10.7. The van der Waals surface area contributed by atoms with Crippen LogP contribution in [0.1, 0.15) is 15.9 Å². The molecule has 4 aromatic rings. The molecular weight excluding hydrogens is 432 g/mol. The highest BCUT2D eigenvalue weighted by Gasteiger charge is 2.25. The standard InChI is InChI=1S/C22H16N4O7/c1-12-18(25(28)29)9-14(10-19(12)26(30)31)21(27)23-15-6-7-20-17(11-15)24-22(33-20)13-4-3-5-16(8-13)32-2/h3-11H,1-2H3,(H,23,27). The minimum Gasteiger partial charge on any atom is -0.497 e. The number of hydrogen-bond donors (Lipinski definition) is 1. The Balaban J connectivity index is 1.64. The fourth-order valence-corrected chi connectivity index (χ4v) is 3.28. The first-order valence-electron chi connectivity index (χ1n) is 9.56. The molecule has 0 spiro atoms. The summed E-state index contributed by atoms with van der Waals surface area (Å²) in [6, 6.07) is 13.9. The second-order valence-corrected chi connectivity index (χ2v) is 7.04. The van der Waals surface area contributed by atoms with E-state index in [1.807, 2.05) is 6.07 Å². The Hall–Kier alpha value is -4.80. The fourth-order valence-electron chi connectivity index (χ4n) is 3.28. The van der Waals surface area contributed by atoms with E-state index in [2.05, 4.69) is 10.3 Å². The summed E-state index contributed by atoms with van der Waals surface area (Å²) >= 11 is 0. The van der Waals surface area contributed by atoms with E-state index in [0.717, 1.165) is 12.1 Å². The van der Waals surface area contributed by atoms with Crippen LogP contribution in [0.4, 0.5) is 17.1 Å². The van der Waals surface area contributed by atoms with Crippen LogP contribution in [-0.2, 0) is 0 Å². The number of hydrogen-bond acceptors (Lipinski definition) is 8. The van der Waals surface area contributed by atoms with Crippen molar-refractivity contribution in [2.45, 2.75) is 6.92 Å². The van der Waals surface area contributed by atoms with Gasteiger partial charge in [0.2, 0.25) is 5.89 Å². The second kappa shape index (κ2) is 8.38. The van der Waals surface area contributed by atoms with Crippen LogP contribution >= 0.6 is 0 Å². The third kappa shape index (κ3) is 4.19. The lowest BCUT2D eigenvalue weighted by atomic mass is 10.1. The first-order valence-corrected chi connectivity index (χ1v) is 9.56. The number of anilines is 1. The summed E-state index contributed by atoms with van der Waals surface area (Å²) in [5.41, 5.74) is 0.624. The molecule has 0 bridgehead atoms. The number of oxazole rings is 1. The molecular formula is C22H16N4O7. The first-order chi connectivity index (χ1) is 15.8. The first kappa shape index (κ1) is 21.4. The van der Waals surface area contributed by atoms with Crippen molar-refractivity contribution < 1.29 is 23.8 Å². The van der Waals surface area contributed by atoms with E-state index in [-0.39, 0.29) is 11.1 Å². The Morgan fingerprint density at radius 2 is 1.73 bits per heavy atom. The number of amides is 1. The fraction of sp³-hybridized carbons (Fsp3) is 0.0909. The highest BCUT2D eigenvalue weighted by molar-refractivity contribution is 6.06. The zero-order chi connectivity index (χ0) is 23.7. The van der Waals surface area contributed by atoms with E-state index < -0.39 is 27.1 Å². The summed E-state index contributed by atoms with van der Waals surface area (Å²) in [5, 5.41) is 25.1. The van der Waals surface area contributed by atoms with E-state index in [1.54, 1.807) is 43.5 Å². The average molecular weight is 448 g/mol. The number of nitrogens with one attached hydrogen (secondary N) is 1. The number of carbonyl (C=O) groups is 1. The lowest BCUT2D eigenvalue weighted by Crippen LogP contribution is -2.13. The number of rotatable bonds is 6. The maximum absolute atomic E-state index is 12.7. The van der Waals surface area contributed by atoms with Crippen LogP contribution in [0.25, 0.3) is 22.6 Å². The van der Waals surface area contributed by atoms with Gasteiger partial charge in [0.25, 0.3) is 17.3 Å². The Kier molecular flexibility index (Phi) is 5.44. The van der Waals surface area contributed by atoms with Crippen molar-refractivity contribution in [2.75, 3.05) is 12.4 Å². The van der Waals surface area contributed by atoms with Crippen molar-refractivity contribution >= 4 is 34.1 Å². The van der Waals surface area contributed by atoms with E-state index in [4.69, 9.17) is 9.15 Å². The molecule has 1 heterocycles. The number of ether oxygens (including phenoxy) is 1. The third-order valence-corrected chi connectivity index (χ3v) is 4.97. The SMILES string of the molecule is COc1cccc(-c2nc3cc(NC(=O)c4cc([N+](=O)[O-])c(C)c([N+](=O)[O-])c4)ccc3o2)c1. The van der Waals surface area contributed by atoms with Crippen molar-refractivity contribution in [3.05, 3.63) is 86.0 Å². The van der Waals surface area contributed by atoms with Gasteiger partial charge in [-0.1, -0.05) is 6.07 Å². The van der Waals surface area contributed by atoms with Crippen LogP contribution in [0.3, 0.4) is 0 Å². The van der Waals surface area contributed by atoms with E-state index in [0.29, 0.717) is 34.0 Å².